The second kappa shape index (κ2) is 6.61. The van der Waals surface area contributed by atoms with E-state index in [9.17, 15) is 4.79 Å². The van der Waals surface area contributed by atoms with Crippen LogP contribution in [-0.2, 0) is 0 Å². The highest BCUT2D eigenvalue weighted by atomic mass is 16.5. The molecule has 0 spiro atoms. The van der Waals surface area contributed by atoms with Gasteiger partial charge in [0.1, 0.15) is 11.5 Å². The smallest absolute Gasteiger partial charge is 0.335 e. The molecule has 0 radical (unpaired) electrons. The molecule has 0 aliphatic rings. The van der Waals surface area contributed by atoms with E-state index in [0.717, 1.165) is 16.9 Å². The Morgan fingerprint density at radius 1 is 1.00 bits per heavy atom. The molecule has 0 aliphatic heterocycles. The summed E-state index contributed by atoms with van der Waals surface area (Å²) in [6, 6.07) is 12.2. The predicted molar refractivity (Wildman–Crippen MR) is 81.9 cm³/mol. The molecule has 108 valence electrons. The van der Waals surface area contributed by atoms with Crippen LogP contribution in [0.3, 0.4) is 0 Å². The Bertz CT molecular complexity index is 657. The van der Waals surface area contributed by atoms with Crippen LogP contribution in [-0.4, -0.2) is 25.3 Å². The van der Waals surface area contributed by atoms with Crippen LogP contribution in [0.5, 0.6) is 11.5 Å². The van der Waals surface area contributed by atoms with Gasteiger partial charge >= 0.3 is 5.97 Å². The Kier molecular flexibility index (Phi) is 4.61. The van der Waals surface area contributed by atoms with Gasteiger partial charge in [0.2, 0.25) is 0 Å². The van der Waals surface area contributed by atoms with Crippen molar-refractivity contribution in [3.8, 4) is 11.5 Å². The molecule has 1 N–H and O–H groups in total. The van der Waals surface area contributed by atoms with Crippen molar-refractivity contribution in [2.45, 2.75) is 0 Å². The highest BCUT2D eigenvalue weighted by Gasteiger charge is 2.03. The van der Waals surface area contributed by atoms with Crippen molar-refractivity contribution in [1.29, 1.82) is 0 Å². The average molecular weight is 284 g/mol. The van der Waals surface area contributed by atoms with E-state index >= 15 is 0 Å². The van der Waals surface area contributed by atoms with E-state index in [1.165, 1.54) is 0 Å². The number of carboxylic acid groups (broad SMARTS) is 1. The molecule has 21 heavy (non-hydrogen) atoms. The van der Waals surface area contributed by atoms with E-state index < -0.39 is 5.97 Å². The van der Waals surface area contributed by atoms with E-state index in [2.05, 4.69) is 0 Å². The van der Waals surface area contributed by atoms with Crippen LogP contribution in [0.15, 0.2) is 42.5 Å². The molecular weight excluding hydrogens is 268 g/mol. The zero-order valence-corrected chi connectivity index (χ0v) is 11.9. The molecule has 0 amide bonds. The second-order valence-electron chi connectivity index (χ2n) is 4.37. The molecule has 2 aromatic rings. The molecule has 0 fully saturated rings. The summed E-state index contributed by atoms with van der Waals surface area (Å²) in [6.07, 6.45) is 3.81. The van der Waals surface area contributed by atoms with Gasteiger partial charge in [0.15, 0.2) is 0 Å². The normalized spacial score (nSPS) is 10.6. The van der Waals surface area contributed by atoms with Crippen molar-refractivity contribution in [2.75, 3.05) is 14.2 Å². The van der Waals surface area contributed by atoms with Crippen LogP contribution in [0.1, 0.15) is 21.5 Å². The fourth-order valence-corrected chi connectivity index (χ4v) is 1.88. The fraction of sp³-hybridized carbons (Fsp3) is 0.118. The third kappa shape index (κ3) is 3.63. The van der Waals surface area contributed by atoms with Gasteiger partial charge in [0.05, 0.1) is 19.8 Å². The second-order valence-corrected chi connectivity index (χ2v) is 4.37. The lowest BCUT2D eigenvalue weighted by Gasteiger charge is -2.07. The summed E-state index contributed by atoms with van der Waals surface area (Å²) in [4.78, 5) is 10.8. The summed E-state index contributed by atoms with van der Waals surface area (Å²) in [7, 11) is 3.21. The molecule has 2 aromatic carbocycles. The number of hydrogen-bond donors (Lipinski definition) is 1. The number of hydrogen-bond acceptors (Lipinski definition) is 3. The molecule has 2 rings (SSSR count). The molecule has 0 bridgehead atoms. The summed E-state index contributed by atoms with van der Waals surface area (Å²) in [6.45, 7) is 0. The van der Waals surface area contributed by atoms with Gasteiger partial charge in [-0.3, -0.25) is 0 Å². The number of carbonyl (C=O) groups is 1. The zero-order valence-electron chi connectivity index (χ0n) is 11.9. The van der Waals surface area contributed by atoms with Gasteiger partial charge in [-0.05, 0) is 29.8 Å². The van der Waals surface area contributed by atoms with Gasteiger partial charge in [-0.15, -0.1) is 0 Å². The van der Waals surface area contributed by atoms with Gasteiger partial charge in [-0.1, -0.05) is 24.3 Å². The van der Waals surface area contributed by atoms with Gasteiger partial charge < -0.3 is 14.6 Å². The molecule has 0 unspecified atom stereocenters. The molecule has 0 saturated carbocycles. The minimum atomic E-state index is -0.928. The molecule has 0 atom stereocenters. The molecule has 0 heterocycles. The van der Waals surface area contributed by atoms with Gasteiger partial charge in [-0.25, -0.2) is 4.79 Å². The SMILES string of the molecule is COc1ccc(C=Cc2ccc(C(=O)O)cc2)c(OC)c1. The summed E-state index contributed by atoms with van der Waals surface area (Å²) in [5.74, 6) is 0.518. The van der Waals surface area contributed by atoms with E-state index in [-0.39, 0.29) is 5.56 Å². The number of aromatic carboxylic acids is 1. The quantitative estimate of drug-likeness (QED) is 0.853. The van der Waals surface area contributed by atoms with Crippen molar-refractivity contribution in [3.05, 3.63) is 59.2 Å². The van der Waals surface area contributed by atoms with Crippen molar-refractivity contribution in [3.63, 3.8) is 0 Å². The summed E-state index contributed by atoms with van der Waals surface area (Å²) >= 11 is 0. The van der Waals surface area contributed by atoms with Gasteiger partial charge in [0.25, 0.3) is 0 Å². The summed E-state index contributed by atoms with van der Waals surface area (Å²) < 4.78 is 10.5. The number of carboxylic acids is 1. The maximum absolute atomic E-state index is 10.8. The third-order valence-electron chi connectivity index (χ3n) is 3.05. The van der Waals surface area contributed by atoms with Crippen LogP contribution in [0, 0.1) is 0 Å². The zero-order chi connectivity index (χ0) is 15.2. The van der Waals surface area contributed by atoms with E-state index in [1.54, 1.807) is 38.5 Å². The van der Waals surface area contributed by atoms with Gasteiger partial charge in [0, 0.05) is 11.6 Å². The summed E-state index contributed by atoms with van der Waals surface area (Å²) in [5.41, 5.74) is 2.10. The average Bonchev–Trinajstić information content (AvgIpc) is 2.53. The predicted octanol–water partition coefficient (Wildman–Crippen LogP) is 3.57. The van der Waals surface area contributed by atoms with E-state index in [0.29, 0.717) is 5.75 Å². The van der Waals surface area contributed by atoms with E-state index in [1.807, 2.05) is 30.4 Å². The maximum Gasteiger partial charge on any atom is 0.335 e. The molecule has 0 saturated heterocycles. The minimum absolute atomic E-state index is 0.272. The number of ether oxygens (including phenoxy) is 2. The first-order valence-corrected chi connectivity index (χ1v) is 6.37. The first-order valence-electron chi connectivity index (χ1n) is 6.37. The summed E-state index contributed by atoms with van der Waals surface area (Å²) in [5, 5.41) is 8.85. The largest absolute Gasteiger partial charge is 0.497 e. The Morgan fingerprint density at radius 2 is 1.71 bits per heavy atom. The Labute approximate surface area is 123 Å². The highest BCUT2D eigenvalue weighted by Crippen LogP contribution is 2.26. The lowest BCUT2D eigenvalue weighted by molar-refractivity contribution is 0.0697. The number of benzene rings is 2. The monoisotopic (exact) mass is 284 g/mol. The fourth-order valence-electron chi connectivity index (χ4n) is 1.88. The highest BCUT2D eigenvalue weighted by molar-refractivity contribution is 5.88. The van der Waals surface area contributed by atoms with E-state index in [4.69, 9.17) is 14.6 Å². The third-order valence-corrected chi connectivity index (χ3v) is 3.05. The van der Waals surface area contributed by atoms with Crippen LogP contribution in [0.25, 0.3) is 12.2 Å². The van der Waals surface area contributed by atoms with Crippen molar-refractivity contribution < 1.29 is 19.4 Å². The lowest BCUT2D eigenvalue weighted by Crippen LogP contribution is -1.94. The van der Waals surface area contributed by atoms with Crippen molar-refractivity contribution in [1.82, 2.24) is 0 Å². The van der Waals surface area contributed by atoms with Crippen molar-refractivity contribution in [2.24, 2.45) is 0 Å². The first kappa shape index (κ1) is 14.7. The number of methoxy groups -OCH3 is 2. The molecule has 0 aromatic heterocycles. The first-order chi connectivity index (χ1) is 10.1. The van der Waals surface area contributed by atoms with Crippen LogP contribution < -0.4 is 9.47 Å². The van der Waals surface area contributed by atoms with Gasteiger partial charge in [-0.2, -0.15) is 0 Å². The minimum Gasteiger partial charge on any atom is -0.497 e. The molecular formula is C17H16O4. The Morgan fingerprint density at radius 3 is 2.29 bits per heavy atom. The Hall–Kier alpha value is -2.75. The maximum atomic E-state index is 10.8. The van der Waals surface area contributed by atoms with Crippen LogP contribution in [0.4, 0.5) is 0 Å². The molecule has 4 heteroatoms. The topological polar surface area (TPSA) is 55.8 Å². The standard InChI is InChI=1S/C17H16O4/c1-20-15-10-9-13(16(11-15)21-2)6-3-12-4-7-14(8-5-12)17(18)19/h3-11H,1-2H3,(H,18,19). The molecule has 0 aliphatic carbocycles. The van der Waals surface area contributed by atoms with Crippen LogP contribution in [0.2, 0.25) is 0 Å². The van der Waals surface area contributed by atoms with Crippen molar-refractivity contribution >= 4 is 18.1 Å². The molecule has 4 nitrogen and oxygen atoms in total. The van der Waals surface area contributed by atoms with Crippen LogP contribution >= 0.6 is 0 Å². The number of rotatable bonds is 5. The lowest BCUT2D eigenvalue weighted by atomic mass is 10.1. The Balaban J connectivity index is 2.22.